The normalized spacial score (nSPS) is 13.9. The van der Waals surface area contributed by atoms with Gasteiger partial charge in [0.1, 0.15) is 5.75 Å². The molecular formula is C21H23N5O3. The Morgan fingerprint density at radius 1 is 1.21 bits per heavy atom. The van der Waals surface area contributed by atoms with E-state index in [9.17, 15) is 4.79 Å². The van der Waals surface area contributed by atoms with E-state index in [4.69, 9.17) is 14.9 Å². The Hall–Kier alpha value is -3.52. The molecule has 4 N–H and O–H groups in total. The van der Waals surface area contributed by atoms with Crippen LogP contribution >= 0.6 is 0 Å². The summed E-state index contributed by atoms with van der Waals surface area (Å²) in [6.07, 6.45) is 0. The lowest BCUT2D eigenvalue weighted by Gasteiger charge is -2.29. The van der Waals surface area contributed by atoms with Crippen molar-refractivity contribution in [1.82, 2.24) is 10.3 Å². The number of methoxy groups -OCH3 is 1. The highest BCUT2D eigenvalue weighted by Crippen LogP contribution is 2.30. The number of hydrogen-bond donors (Lipinski definition) is 3. The van der Waals surface area contributed by atoms with Crippen LogP contribution in [0.2, 0.25) is 0 Å². The van der Waals surface area contributed by atoms with Gasteiger partial charge in [0.2, 0.25) is 0 Å². The molecule has 0 aliphatic carbocycles. The van der Waals surface area contributed by atoms with E-state index in [1.807, 2.05) is 42.5 Å². The fraction of sp³-hybridized carbons (Fsp3) is 0.238. The lowest BCUT2D eigenvalue weighted by atomic mass is 10.1. The molecule has 0 bridgehead atoms. The topological polar surface area (TPSA) is 106 Å². The molecule has 29 heavy (non-hydrogen) atoms. The molecule has 1 aliphatic rings. The standard InChI is InChI=1S/C21H23N5O3/c1-28-17-4-2-3-15(13-17)24-21-25-18(20(22)27)19(29-21)14-5-7-16(8-6-14)26-11-9-23-10-12-26/h2-8,13,23H,9-12H2,1H3,(H2,22,27)(H,24,25). The number of carbonyl (C=O) groups is 1. The van der Waals surface area contributed by atoms with Crippen molar-refractivity contribution in [2.24, 2.45) is 5.73 Å². The van der Waals surface area contributed by atoms with Crippen molar-refractivity contribution in [3.63, 3.8) is 0 Å². The number of hydrogen-bond acceptors (Lipinski definition) is 7. The quantitative estimate of drug-likeness (QED) is 0.591. The largest absolute Gasteiger partial charge is 0.497 e. The summed E-state index contributed by atoms with van der Waals surface area (Å²) in [5.74, 6) is 0.392. The van der Waals surface area contributed by atoms with Crippen LogP contribution in [0.25, 0.3) is 11.3 Å². The van der Waals surface area contributed by atoms with Gasteiger partial charge < -0.3 is 30.4 Å². The summed E-state index contributed by atoms with van der Waals surface area (Å²) in [5, 5.41) is 6.39. The van der Waals surface area contributed by atoms with E-state index in [1.165, 1.54) is 0 Å². The summed E-state index contributed by atoms with van der Waals surface area (Å²) in [6.45, 7) is 3.86. The van der Waals surface area contributed by atoms with Gasteiger partial charge in [0.25, 0.3) is 11.9 Å². The van der Waals surface area contributed by atoms with Crippen LogP contribution in [0.5, 0.6) is 5.75 Å². The molecule has 8 heteroatoms. The van der Waals surface area contributed by atoms with Gasteiger partial charge in [0.05, 0.1) is 7.11 Å². The minimum atomic E-state index is -0.645. The number of rotatable bonds is 6. The first-order valence-electron chi connectivity index (χ1n) is 9.42. The molecule has 3 aromatic rings. The van der Waals surface area contributed by atoms with Gasteiger partial charge in [-0.25, -0.2) is 0 Å². The van der Waals surface area contributed by atoms with Gasteiger partial charge in [0.15, 0.2) is 11.5 Å². The predicted octanol–water partition coefficient (Wildman–Crippen LogP) is 2.60. The summed E-state index contributed by atoms with van der Waals surface area (Å²) >= 11 is 0. The third-order valence-corrected chi connectivity index (χ3v) is 4.79. The number of anilines is 3. The van der Waals surface area contributed by atoms with E-state index < -0.39 is 5.91 Å². The zero-order valence-corrected chi connectivity index (χ0v) is 16.1. The lowest BCUT2D eigenvalue weighted by Crippen LogP contribution is -2.43. The fourth-order valence-electron chi connectivity index (χ4n) is 3.31. The van der Waals surface area contributed by atoms with E-state index in [2.05, 4.69) is 20.5 Å². The number of primary amides is 1. The number of carbonyl (C=O) groups excluding carboxylic acids is 1. The fourth-order valence-corrected chi connectivity index (χ4v) is 3.31. The van der Waals surface area contributed by atoms with Crippen LogP contribution < -0.4 is 26.0 Å². The molecule has 0 saturated carbocycles. The van der Waals surface area contributed by atoms with Crippen molar-refractivity contribution < 1.29 is 13.9 Å². The monoisotopic (exact) mass is 393 g/mol. The predicted molar refractivity (Wildman–Crippen MR) is 112 cm³/mol. The van der Waals surface area contributed by atoms with Gasteiger partial charge >= 0.3 is 0 Å². The number of nitrogens with two attached hydrogens (primary N) is 1. The van der Waals surface area contributed by atoms with Crippen molar-refractivity contribution in [3.05, 3.63) is 54.2 Å². The zero-order valence-electron chi connectivity index (χ0n) is 16.1. The molecule has 4 rings (SSSR count). The van der Waals surface area contributed by atoms with Crippen LogP contribution in [-0.2, 0) is 0 Å². The van der Waals surface area contributed by atoms with Crippen LogP contribution in [-0.4, -0.2) is 44.2 Å². The summed E-state index contributed by atoms with van der Waals surface area (Å²) in [6, 6.07) is 15.4. The maximum absolute atomic E-state index is 11.9. The molecule has 1 saturated heterocycles. The van der Waals surface area contributed by atoms with Gasteiger partial charge in [-0.2, -0.15) is 4.98 Å². The molecule has 0 spiro atoms. The third-order valence-electron chi connectivity index (χ3n) is 4.79. The van der Waals surface area contributed by atoms with Gasteiger partial charge in [-0.3, -0.25) is 4.79 Å². The molecular weight excluding hydrogens is 370 g/mol. The van der Waals surface area contributed by atoms with Crippen LogP contribution in [0.3, 0.4) is 0 Å². The summed E-state index contributed by atoms with van der Waals surface area (Å²) in [7, 11) is 1.59. The molecule has 2 aromatic carbocycles. The van der Waals surface area contributed by atoms with Crippen LogP contribution in [0.1, 0.15) is 10.5 Å². The molecule has 0 radical (unpaired) electrons. The SMILES string of the molecule is COc1cccc(Nc2nc(C(N)=O)c(-c3ccc(N4CCNCC4)cc3)o2)c1. The van der Waals surface area contributed by atoms with Gasteiger partial charge in [-0.1, -0.05) is 6.07 Å². The van der Waals surface area contributed by atoms with Gasteiger partial charge in [-0.05, 0) is 36.4 Å². The first kappa shape index (κ1) is 18.8. The highest BCUT2D eigenvalue weighted by atomic mass is 16.5. The van der Waals surface area contributed by atoms with Crippen LogP contribution in [0, 0.1) is 0 Å². The Morgan fingerprint density at radius 3 is 2.66 bits per heavy atom. The van der Waals surface area contributed by atoms with Crippen LogP contribution in [0.15, 0.2) is 52.9 Å². The average Bonchev–Trinajstić information content (AvgIpc) is 3.19. The van der Waals surface area contributed by atoms with E-state index >= 15 is 0 Å². The lowest BCUT2D eigenvalue weighted by molar-refractivity contribution is 0.0996. The third kappa shape index (κ3) is 4.17. The number of ether oxygens (including phenoxy) is 1. The number of nitrogens with zero attached hydrogens (tertiary/aromatic N) is 2. The summed E-state index contributed by atoms with van der Waals surface area (Å²) in [5.41, 5.74) is 8.21. The number of oxazole rings is 1. The Bertz CT molecular complexity index is 994. The Morgan fingerprint density at radius 2 is 1.97 bits per heavy atom. The van der Waals surface area contributed by atoms with Crippen LogP contribution in [0.4, 0.5) is 17.4 Å². The Kier molecular flexibility index (Phi) is 5.35. The van der Waals surface area contributed by atoms with Crippen molar-refractivity contribution in [2.45, 2.75) is 0 Å². The zero-order chi connectivity index (χ0) is 20.2. The highest BCUT2D eigenvalue weighted by Gasteiger charge is 2.20. The number of piperazine rings is 1. The molecule has 0 atom stereocenters. The summed E-state index contributed by atoms with van der Waals surface area (Å²) in [4.78, 5) is 18.5. The van der Waals surface area contributed by atoms with Crippen molar-refractivity contribution in [2.75, 3.05) is 43.5 Å². The smallest absolute Gasteiger partial charge is 0.300 e. The van der Waals surface area contributed by atoms with E-state index in [1.54, 1.807) is 13.2 Å². The molecule has 1 fully saturated rings. The molecule has 0 unspecified atom stereocenters. The van der Waals surface area contributed by atoms with Crippen molar-refractivity contribution >= 4 is 23.3 Å². The minimum Gasteiger partial charge on any atom is -0.497 e. The first-order valence-corrected chi connectivity index (χ1v) is 9.42. The maximum atomic E-state index is 11.9. The Labute approximate surface area is 168 Å². The Balaban J connectivity index is 1.60. The molecule has 8 nitrogen and oxygen atoms in total. The number of nitrogens with one attached hydrogen (secondary N) is 2. The molecule has 2 heterocycles. The first-order chi connectivity index (χ1) is 14.1. The maximum Gasteiger partial charge on any atom is 0.300 e. The number of amides is 1. The second-order valence-corrected chi connectivity index (χ2v) is 6.70. The van der Waals surface area contributed by atoms with E-state index in [0.29, 0.717) is 11.5 Å². The molecule has 1 aliphatic heterocycles. The van der Waals surface area contributed by atoms with E-state index in [0.717, 1.165) is 43.1 Å². The highest BCUT2D eigenvalue weighted by molar-refractivity contribution is 5.97. The average molecular weight is 393 g/mol. The van der Waals surface area contributed by atoms with Gasteiger partial charge in [-0.15, -0.1) is 0 Å². The summed E-state index contributed by atoms with van der Waals surface area (Å²) < 4.78 is 11.1. The second kappa shape index (κ2) is 8.24. The second-order valence-electron chi connectivity index (χ2n) is 6.70. The molecule has 150 valence electrons. The minimum absolute atomic E-state index is 0.0883. The van der Waals surface area contributed by atoms with E-state index in [-0.39, 0.29) is 11.7 Å². The number of benzene rings is 2. The van der Waals surface area contributed by atoms with Crippen molar-refractivity contribution in [3.8, 4) is 17.1 Å². The number of aromatic nitrogens is 1. The molecule has 1 amide bonds. The van der Waals surface area contributed by atoms with Gasteiger partial charge in [0, 0.05) is 49.2 Å². The van der Waals surface area contributed by atoms with Crippen molar-refractivity contribution in [1.29, 1.82) is 0 Å². The molecule has 1 aromatic heterocycles.